The van der Waals surface area contributed by atoms with Gasteiger partial charge in [-0.05, 0) is 18.9 Å². The van der Waals surface area contributed by atoms with E-state index in [4.69, 9.17) is 9.15 Å². The molecule has 1 atom stereocenters. The zero-order valence-electron chi connectivity index (χ0n) is 16.3. The molecule has 3 nitrogen and oxygen atoms in total. The first kappa shape index (κ1) is 21.0. The molecule has 1 aromatic rings. The van der Waals surface area contributed by atoms with Crippen molar-refractivity contribution >= 4 is 19.4 Å². The van der Waals surface area contributed by atoms with Crippen LogP contribution in [0.25, 0.3) is 0 Å². The molecule has 0 N–H and O–H groups in total. The molecule has 0 aromatic carbocycles. The van der Waals surface area contributed by atoms with Crippen molar-refractivity contribution in [2.45, 2.75) is 97.4 Å². The lowest BCUT2D eigenvalue weighted by Crippen LogP contribution is -2.36. The topological polar surface area (TPSA) is 39.4 Å². The third-order valence-electron chi connectivity index (χ3n) is 4.36. The lowest BCUT2D eigenvalue weighted by Gasteiger charge is -2.15. The molecule has 0 radical (unpaired) electrons. The Hall–Kier alpha value is -1.03. The van der Waals surface area contributed by atoms with Gasteiger partial charge in [-0.25, -0.2) is 0 Å². The molecule has 0 saturated carbocycles. The number of carbonyl (C=O) groups excluding carboxylic acids is 1. The van der Waals surface area contributed by atoms with Crippen LogP contribution in [0.5, 0.6) is 0 Å². The summed E-state index contributed by atoms with van der Waals surface area (Å²) in [5.74, 6) is -0.213. The molecule has 1 unspecified atom stereocenters. The van der Waals surface area contributed by atoms with Crippen molar-refractivity contribution < 1.29 is 13.9 Å². The molecule has 1 heterocycles. The predicted molar refractivity (Wildman–Crippen MR) is 103 cm³/mol. The van der Waals surface area contributed by atoms with E-state index in [0.717, 1.165) is 23.8 Å². The summed E-state index contributed by atoms with van der Waals surface area (Å²) in [7, 11) is -1.47. The third-order valence-corrected chi connectivity index (χ3v) is 6.10. The monoisotopic (exact) mass is 352 g/mol. The fourth-order valence-electron chi connectivity index (χ4n) is 2.87. The molecule has 0 spiro atoms. The highest BCUT2D eigenvalue weighted by Crippen LogP contribution is 2.25. The smallest absolute Gasteiger partial charge is 0.303 e. The normalized spacial score (nSPS) is 13.0. The number of rotatable bonds is 12. The summed E-state index contributed by atoms with van der Waals surface area (Å²) in [5.41, 5.74) is 1.02. The molecule has 0 saturated heterocycles. The van der Waals surface area contributed by atoms with E-state index in [1.54, 1.807) is 6.26 Å². The maximum atomic E-state index is 11.4. The summed E-state index contributed by atoms with van der Waals surface area (Å²) >= 11 is 0. The fourth-order valence-corrected chi connectivity index (χ4v) is 3.88. The van der Waals surface area contributed by atoms with Crippen LogP contribution in [-0.4, -0.2) is 14.0 Å². The van der Waals surface area contributed by atoms with Crippen molar-refractivity contribution in [2.75, 3.05) is 0 Å². The third kappa shape index (κ3) is 8.18. The summed E-state index contributed by atoms with van der Waals surface area (Å²) in [6, 6.07) is 2.10. The number of hydrogen-bond donors (Lipinski definition) is 0. The maximum Gasteiger partial charge on any atom is 0.303 e. The molecule has 0 amide bonds. The van der Waals surface area contributed by atoms with E-state index in [1.165, 1.54) is 51.9 Å². The number of hydrogen-bond acceptors (Lipinski definition) is 3. The van der Waals surface area contributed by atoms with Crippen LogP contribution in [-0.2, 0) is 9.53 Å². The van der Waals surface area contributed by atoms with Crippen LogP contribution < -0.4 is 5.38 Å². The van der Waals surface area contributed by atoms with Crippen molar-refractivity contribution in [1.29, 1.82) is 0 Å². The summed E-state index contributed by atoms with van der Waals surface area (Å²) < 4.78 is 11.3. The van der Waals surface area contributed by atoms with Crippen LogP contribution in [0.4, 0.5) is 0 Å². The average molecular weight is 353 g/mol. The largest absolute Gasteiger partial charge is 0.474 e. The minimum absolute atomic E-state index is 0.156. The predicted octanol–water partition coefficient (Wildman–Crippen LogP) is 5.96. The first-order valence-corrected chi connectivity index (χ1v) is 13.1. The second-order valence-electron chi connectivity index (χ2n) is 7.86. The Morgan fingerprint density at radius 2 is 1.67 bits per heavy atom. The van der Waals surface area contributed by atoms with E-state index in [2.05, 4.69) is 32.6 Å². The second kappa shape index (κ2) is 10.8. The van der Waals surface area contributed by atoms with E-state index in [9.17, 15) is 4.79 Å². The Kier molecular flexibility index (Phi) is 9.41. The molecule has 1 aromatic heterocycles. The van der Waals surface area contributed by atoms with Crippen LogP contribution in [0.1, 0.15) is 83.3 Å². The number of ether oxygens (including phenoxy) is 1. The van der Waals surface area contributed by atoms with Crippen molar-refractivity contribution in [3.05, 3.63) is 17.9 Å². The van der Waals surface area contributed by atoms with Crippen molar-refractivity contribution in [3.63, 3.8) is 0 Å². The molecule has 0 fully saturated rings. The van der Waals surface area contributed by atoms with Crippen LogP contribution in [0.2, 0.25) is 19.6 Å². The molecule has 24 heavy (non-hydrogen) atoms. The van der Waals surface area contributed by atoms with E-state index in [1.807, 2.05) is 0 Å². The van der Waals surface area contributed by atoms with Crippen LogP contribution >= 0.6 is 0 Å². The highest BCUT2D eigenvalue weighted by Gasteiger charge is 2.24. The van der Waals surface area contributed by atoms with Gasteiger partial charge in [-0.15, -0.1) is 0 Å². The Labute approximate surface area is 149 Å². The van der Waals surface area contributed by atoms with E-state index >= 15 is 0 Å². The molecule has 138 valence electrons. The molecule has 4 heteroatoms. The minimum atomic E-state index is -1.47. The zero-order valence-corrected chi connectivity index (χ0v) is 17.3. The molecule has 0 aliphatic carbocycles. The second-order valence-corrected chi connectivity index (χ2v) is 12.8. The average Bonchev–Trinajstić information content (AvgIpc) is 2.98. The highest BCUT2D eigenvalue weighted by molar-refractivity contribution is 6.87. The standard InChI is InChI=1S/C20H36O3Si/c1-6-7-8-9-10-11-12-13-14-19(23-17(2)21)18-15-20(22-16-18)24(3,4)5/h15-16,19H,6-14H2,1-5H3. The molecule has 1 rings (SSSR count). The summed E-state index contributed by atoms with van der Waals surface area (Å²) in [4.78, 5) is 11.4. The Bertz CT molecular complexity index is 473. The Balaban J connectivity index is 2.43. The Morgan fingerprint density at radius 3 is 2.17 bits per heavy atom. The number of carbonyl (C=O) groups is 1. The van der Waals surface area contributed by atoms with Crippen LogP contribution in [0.3, 0.4) is 0 Å². The van der Waals surface area contributed by atoms with Gasteiger partial charge in [0.2, 0.25) is 0 Å². The highest BCUT2D eigenvalue weighted by atomic mass is 28.3. The van der Waals surface area contributed by atoms with Gasteiger partial charge in [-0.1, -0.05) is 71.5 Å². The van der Waals surface area contributed by atoms with Gasteiger partial charge in [0.05, 0.1) is 11.6 Å². The van der Waals surface area contributed by atoms with Gasteiger partial charge in [0, 0.05) is 12.5 Å². The lowest BCUT2D eigenvalue weighted by molar-refractivity contribution is -0.147. The summed E-state index contributed by atoms with van der Waals surface area (Å²) in [5, 5.41) is 1.07. The van der Waals surface area contributed by atoms with Crippen LogP contribution in [0, 0.1) is 0 Å². The molecule has 0 aliphatic rings. The number of esters is 1. The first-order chi connectivity index (χ1) is 11.3. The van der Waals surface area contributed by atoms with Gasteiger partial charge < -0.3 is 9.15 Å². The molecular formula is C20H36O3Si. The van der Waals surface area contributed by atoms with E-state index in [-0.39, 0.29) is 12.1 Å². The summed E-state index contributed by atoms with van der Waals surface area (Å²) in [6.07, 6.45) is 12.8. The van der Waals surface area contributed by atoms with Crippen molar-refractivity contribution in [2.24, 2.45) is 0 Å². The molecule has 0 aliphatic heterocycles. The minimum Gasteiger partial charge on any atom is -0.474 e. The molecular weight excluding hydrogens is 316 g/mol. The van der Waals surface area contributed by atoms with Gasteiger partial charge in [-0.2, -0.15) is 0 Å². The SMILES string of the molecule is CCCCCCCCCCC(OC(C)=O)c1coc([Si](C)(C)C)c1. The van der Waals surface area contributed by atoms with Gasteiger partial charge in [0.25, 0.3) is 0 Å². The quantitative estimate of drug-likeness (QED) is 0.265. The van der Waals surface area contributed by atoms with E-state index in [0.29, 0.717) is 0 Å². The van der Waals surface area contributed by atoms with Gasteiger partial charge >= 0.3 is 5.97 Å². The zero-order chi connectivity index (χ0) is 18.0. The van der Waals surface area contributed by atoms with Gasteiger partial charge in [0.15, 0.2) is 0 Å². The first-order valence-electron chi connectivity index (χ1n) is 9.60. The number of furan rings is 1. The maximum absolute atomic E-state index is 11.4. The molecule has 0 bridgehead atoms. The van der Waals surface area contributed by atoms with Crippen molar-refractivity contribution in [3.8, 4) is 0 Å². The Morgan fingerprint density at radius 1 is 1.08 bits per heavy atom. The van der Waals surface area contributed by atoms with Gasteiger partial charge in [0.1, 0.15) is 14.2 Å². The lowest BCUT2D eigenvalue weighted by atomic mass is 10.0. The van der Waals surface area contributed by atoms with Gasteiger partial charge in [-0.3, -0.25) is 4.79 Å². The fraction of sp³-hybridized carbons (Fsp3) is 0.750. The van der Waals surface area contributed by atoms with E-state index < -0.39 is 8.07 Å². The number of unbranched alkanes of at least 4 members (excludes halogenated alkanes) is 7. The summed E-state index contributed by atoms with van der Waals surface area (Å²) in [6.45, 7) is 10.5. The van der Waals surface area contributed by atoms with Crippen LogP contribution in [0.15, 0.2) is 16.7 Å². The van der Waals surface area contributed by atoms with Crippen molar-refractivity contribution in [1.82, 2.24) is 0 Å².